The molecular weight excluding hydrogens is 246 g/mol. The van der Waals surface area contributed by atoms with E-state index >= 15 is 0 Å². The van der Waals surface area contributed by atoms with Gasteiger partial charge in [-0.2, -0.15) is 0 Å². The Hall–Kier alpha value is -1.02. The number of benzene rings is 1. The predicted molar refractivity (Wildman–Crippen MR) is 84.3 cm³/mol. The molecule has 1 aliphatic heterocycles. The largest absolute Gasteiger partial charge is 0.382 e. The summed E-state index contributed by atoms with van der Waals surface area (Å²) >= 11 is 0. The highest BCUT2D eigenvalue weighted by Gasteiger charge is 2.41. The third-order valence-corrected chi connectivity index (χ3v) is 4.96. The Labute approximate surface area is 122 Å². The Balaban J connectivity index is 1.58. The molecule has 20 heavy (non-hydrogen) atoms. The topological polar surface area (TPSA) is 21.3 Å². The highest BCUT2D eigenvalue weighted by molar-refractivity contribution is 5.52. The number of rotatable bonds is 4. The van der Waals surface area contributed by atoms with Crippen molar-refractivity contribution in [2.75, 3.05) is 11.9 Å². The van der Waals surface area contributed by atoms with Crippen molar-refractivity contribution in [2.24, 2.45) is 0 Å². The zero-order chi connectivity index (χ0) is 14.0. The third-order valence-electron chi connectivity index (χ3n) is 4.96. The SMILES string of the molecule is CC(C)c1ccccc1NCC1CCC2(CCCC2)O1. The van der Waals surface area contributed by atoms with Gasteiger partial charge in [-0.05, 0) is 43.2 Å². The molecule has 2 fully saturated rings. The minimum Gasteiger partial charge on any atom is -0.382 e. The maximum atomic E-state index is 6.37. The number of para-hydroxylation sites is 1. The quantitative estimate of drug-likeness (QED) is 0.857. The van der Waals surface area contributed by atoms with Crippen LogP contribution in [0.4, 0.5) is 5.69 Å². The molecule has 0 amide bonds. The first kappa shape index (κ1) is 13.9. The molecule has 2 aliphatic rings. The van der Waals surface area contributed by atoms with Crippen LogP contribution < -0.4 is 5.32 Å². The number of hydrogen-bond donors (Lipinski definition) is 1. The zero-order valence-corrected chi connectivity index (χ0v) is 12.8. The van der Waals surface area contributed by atoms with Gasteiger partial charge in [0.25, 0.3) is 0 Å². The van der Waals surface area contributed by atoms with Crippen LogP contribution in [0.5, 0.6) is 0 Å². The van der Waals surface area contributed by atoms with E-state index in [0.29, 0.717) is 12.0 Å². The maximum Gasteiger partial charge on any atom is 0.0756 e. The van der Waals surface area contributed by atoms with Gasteiger partial charge in [-0.3, -0.25) is 0 Å². The van der Waals surface area contributed by atoms with Crippen molar-refractivity contribution >= 4 is 5.69 Å². The Morgan fingerprint density at radius 1 is 1.20 bits per heavy atom. The third kappa shape index (κ3) is 2.85. The number of nitrogens with one attached hydrogen (secondary N) is 1. The molecular formula is C18H27NO. The molecule has 1 unspecified atom stereocenters. The lowest BCUT2D eigenvalue weighted by molar-refractivity contribution is -0.0307. The Bertz CT molecular complexity index is 448. The van der Waals surface area contributed by atoms with Gasteiger partial charge in [-0.15, -0.1) is 0 Å². The van der Waals surface area contributed by atoms with Crippen LogP contribution in [0.25, 0.3) is 0 Å². The molecule has 0 bridgehead atoms. The van der Waals surface area contributed by atoms with E-state index in [1.165, 1.54) is 49.8 Å². The summed E-state index contributed by atoms with van der Waals surface area (Å²) in [6.45, 7) is 5.45. The monoisotopic (exact) mass is 273 g/mol. The molecule has 1 spiro atoms. The van der Waals surface area contributed by atoms with E-state index in [-0.39, 0.29) is 5.60 Å². The smallest absolute Gasteiger partial charge is 0.0756 e. The van der Waals surface area contributed by atoms with Gasteiger partial charge in [0.2, 0.25) is 0 Å². The molecule has 2 nitrogen and oxygen atoms in total. The van der Waals surface area contributed by atoms with E-state index in [2.05, 4.69) is 43.4 Å². The maximum absolute atomic E-state index is 6.37. The second-order valence-electron chi connectivity index (χ2n) is 6.79. The Morgan fingerprint density at radius 2 is 1.95 bits per heavy atom. The van der Waals surface area contributed by atoms with Crippen molar-refractivity contribution in [3.05, 3.63) is 29.8 Å². The average Bonchev–Trinajstić information content (AvgIpc) is 3.07. The fourth-order valence-electron chi connectivity index (χ4n) is 3.81. The van der Waals surface area contributed by atoms with Crippen LogP contribution in [0, 0.1) is 0 Å². The van der Waals surface area contributed by atoms with E-state index in [1.54, 1.807) is 0 Å². The van der Waals surface area contributed by atoms with Gasteiger partial charge in [-0.25, -0.2) is 0 Å². The van der Waals surface area contributed by atoms with Crippen molar-refractivity contribution in [1.29, 1.82) is 0 Å². The molecule has 1 aromatic carbocycles. The molecule has 1 aliphatic carbocycles. The Kier molecular flexibility index (Phi) is 4.02. The summed E-state index contributed by atoms with van der Waals surface area (Å²) in [4.78, 5) is 0. The van der Waals surface area contributed by atoms with Crippen molar-refractivity contribution < 1.29 is 4.74 Å². The van der Waals surface area contributed by atoms with Crippen molar-refractivity contribution in [2.45, 2.75) is 70.0 Å². The number of hydrogen-bond acceptors (Lipinski definition) is 2. The van der Waals surface area contributed by atoms with E-state index in [1.807, 2.05) is 0 Å². The minimum atomic E-state index is 0.254. The summed E-state index contributed by atoms with van der Waals surface area (Å²) in [6.07, 6.45) is 8.17. The van der Waals surface area contributed by atoms with Crippen LogP contribution >= 0.6 is 0 Å². The summed E-state index contributed by atoms with van der Waals surface area (Å²) in [5, 5.41) is 3.62. The standard InChI is InChI=1S/C18H27NO/c1-14(2)16-7-3-4-8-17(16)19-13-15-9-12-18(20-15)10-5-6-11-18/h3-4,7-8,14-15,19H,5-6,9-13H2,1-2H3. The summed E-state index contributed by atoms with van der Waals surface area (Å²) in [7, 11) is 0. The molecule has 0 radical (unpaired) electrons. The van der Waals surface area contributed by atoms with Crippen molar-refractivity contribution in [3.8, 4) is 0 Å². The van der Waals surface area contributed by atoms with Crippen LogP contribution in [-0.4, -0.2) is 18.2 Å². The van der Waals surface area contributed by atoms with Crippen LogP contribution in [0.3, 0.4) is 0 Å². The molecule has 0 aromatic heterocycles. The molecule has 110 valence electrons. The summed E-state index contributed by atoms with van der Waals surface area (Å²) < 4.78 is 6.37. The molecule has 3 rings (SSSR count). The second kappa shape index (κ2) is 5.77. The fraction of sp³-hybridized carbons (Fsp3) is 0.667. The van der Waals surface area contributed by atoms with Crippen LogP contribution in [0.15, 0.2) is 24.3 Å². The highest BCUT2D eigenvalue weighted by Crippen LogP contribution is 2.43. The lowest BCUT2D eigenvalue weighted by Crippen LogP contribution is -2.28. The zero-order valence-electron chi connectivity index (χ0n) is 12.8. The van der Waals surface area contributed by atoms with E-state index < -0.39 is 0 Å². The van der Waals surface area contributed by atoms with Crippen LogP contribution in [0.1, 0.15) is 63.9 Å². The molecule has 1 aromatic rings. The second-order valence-corrected chi connectivity index (χ2v) is 6.79. The van der Waals surface area contributed by atoms with Crippen LogP contribution in [0.2, 0.25) is 0 Å². The molecule has 1 heterocycles. The van der Waals surface area contributed by atoms with Gasteiger partial charge < -0.3 is 10.1 Å². The summed E-state index contributed by atoms with van der Waals surface area (Å²) in [5.74, 6) is 0.560. The van der Waals surface area contributed by atoms with Gasteiger partial charge in [0.05, 0.1) is 11.7 Å². The van der Waals surface area contributed by atoms with E-state index in [4.69, 9.17) is 4.74 Å². The minimum absolute atomic E-state index is 0.254. The van der Waals surface area contributed by atoms with Crippen molar-refractivity contribution in [3.63, 3.8) is 0 Å². The Morgan fingerprint density at radius 3 is 2.70 bits per heavy atom. The van der Waals surface area contributed by atoms with E-state index in [9.17, 15) is 0 Å². The lowest BCUT2D eigenvalue weighted by atomic mass is 9.98. The first-order chi connectivity index (χ1) is 9.69. The molecule has 2 heteroatoms. The average molecular weight is 273 g/mol. The highest BCUT2D eigenvalue weighted by atomic mass is 16.5. The molecule has 1 N–H and O–H groups in total. The van der Waals surface area contributed by atoms with E-state index in [0.717, 1.165) is 6.54 Å². The van der Waals surface area contributed by atoms with Gasteiger partial charge in [-0.1, -0.05) is 44.9 Å². The normalized spacial score (nSPS) is 24.6. The lowest BCUT2D eigenvalue weighted by Gasteiger charge is -2.24. The van der Waals surface area contributed by atoms with Crippen molar-refractivity contribution in [1.82, 2.24) is 0 Å². The number of ether oxygens (including phenoxy) is 1. The first-order valence-corrected chi connectivity index (χ1v) is 8.19. The fourth-order valence-corrected chi connectivity index (χ4v) is 3.81. The van der Waals surface area contributed by atoms with Crippen LogP contribution in [-0.2, 0) is 4.74 Å². The van der Waals surface area contributed by atoms with Gasteiger partial charge >= 0.3 is 0 Å². The first-order valence-electron chi connectivity index (χ1n) is 8.19. The van der Waals surface area contributed by atoms with Gasteiger partial charge in [0, 0.05) is 12.2 Å². The van der Waals surface area contributed by atoms with Gasteiger partial charge in [0.15, 0.2) is 0 Å². The molecule has 1 atom stereocenters. The summed E-state index contributed by atoms with van der Waals surface area (Å²) in [6, 6.07) is 8.65. The van der Waals surface area contributed by atoms with Gasteiger partial charge in [0.1, 0.15) is 0 Å². The molecule has 1 saturated carbocycles. The predicted octanol–water partition coefficient (Wildman–Crippen LogP) is 4.71. The molecule has 1 saturated heterocycles. The summed E-state index contributed by atoms with van der Waals surface area (Å²) in [5.41, 5.74) is 2.93. The number of anilines is 1.